The lowest BCUT2D eigenvalue weighted by molar-refractivity contribution is -0.691. The Balaban J connectivity index is 1.84. The Morgan fingerprint density at radius 1 is 0.538 bits per heavy atom. The third kappa shape index (κ3) is 2.87. The van der Waals surface area contributed by atoms with Crippen LogP contribution in [0.2, 0.25) is 0 Å². The Kier molecular flexibility index (Phi) is 4.50. The number of rotatable bonds is 0. The van der Waals surface area contributed by atoms with E-state index in [1.54, 1.807) is 0 Å². The van der Waals surface area contributed by atoms with E-state index >= 15 is 0 Å². The van der Waals surface area contributed by atoms with Crippen molar-refractivity contribution in [2.75, 3.05) is 0 Å². The van der Waals surface area contributed by atoms with Gasteiger partial charge in [-0.2, -0.15) is 19.6 Å². The third-order valence-corrected chi connectivity index (χ3v) is 8.30. The fourth-order valence-corrected chi connectivity index (χ4v) is 5.69. The minimum Gasteiger partial charge on any atom is -0.194 e. The molecular formula is C22H40O4. The normalized spacial score (nSPS) is 46.4. The summed E-state index contributed by atoms with van der Waals surface area (Å²) in [6.07, 6.45) is 3.52. The SMILES string of the molecule is CC1CC2(OOC3(CC(C)C(C)(C)CC3(C)C)OO2)C(C)(C)CC1(C)C. The zero-order valence-electron chi connectivity index (χ0n) is 18.6. The lowest BCUT2D eigenvalue weighted by atomic mass is 9.57. The molecule has 3 aliphatic rings. The van der Waals surface area contributed by atoms with Crippen LogP contribution < -0.4 is 0 Å². The second-order valence-electron chi connectivity index (χ2n) is 12.1. The first-order chi connectivity index (χ1) is 11.6. The quantitative estimate of drug-likeness (QED) is 0.473. The van der Waals surface area contributed by atoms with Crippen molar-refractivity contribution in [2.45, 2.75) is 106 Å². The van der Waals surface area contributed by atoms with Crippen LogP contribution in [0.1, 0.15) is 94.9 Å². The van der Waals surface area contributed by atoms with Gasteiger partial charge in [-0.15, -0.1) is 0 Å². The predicted molar refractivity (Wildman–Crippen MR) is 102 cm³/mol. The van der Waals surface area contributed by atoms with E-state index in [-0.39, 0.29) is 21.7 Å². The highest BCUT2D eigenvalue weighted by Gasteiger charge is 2.66. The molecule has 0 aromatic rings. The van der Waals surface area contributed by atoms with Crippen molar-refractivity contribution in [2.24, 2.45) is 33.5 Å². The summed E-state index contributed by atoms with van der Waals surface area (Å²) in [6.45, 7) is 22.6. The van der Waals surface area contributed by atoms with Crippen molar-refractivity contribution in [3.8, 4) is 0 Å². The molecule has 4 heteroatoms. The second-order valence-corrected chi connectivity index (χ2v) is 12.1. The van der Waals surface area contributed by atoms with Crippen LogP contribution in [-0.4, -0.2) is 11.6 Å². The Hall–Kier alpha value is -0.160. The van der Waals surface area contributed by atoms with Crippen LogP contribution in [0.15, 0.2) is 0 Å². The van der Waals surface area contributed by atoms with Crippen LogP contribution in [0, 0.1) is 33.5 Å². The second kappa shape index (κ2) is 5.68. The van der Waals surface area contributed by atoms with Crippen molar-refractivity contribution < 1.29 is 19.6 Å². The molecule has 0 amide bonds. The van der Waals surface area contributed by atoms with E-state index in [1.165, 1.54) is 0 Å². The number of hydrogen-bond donors (Lipinski definition) is 0. The van der Waals surface area contributed by atoms with Crippen LogP contribution in [-0.2, 0) is 19.6 Å². The molecule has 2 spiro atoms. The van der Waals surface area contributed by atoms with Gasteiger partial charge in [-0.3, -0.25) is 0 Å². The first kappa shape index (κ1) is 20.6. The highest BCUT2D eigenvalue weighted by Crippen LogP contribution is 2.62. The summed E-state index contributed by atoms with van der Waals surface area (Å²) < 4.78 is 0. The average Bonchev–Trinajstić information content (AvgIpc) is 2.44. The summed E-state index contributed by atoms with van der Waals surface area (Å²) in [6, 6.07) is 0. The highest BCUT2D eigenvalue weighted by molar-refractivity contribution is 5.03. The molecule has 1 aliphatic heterocycles. The molecule has 1 heterocycles. The highest BCUT2D eigenvalue weighted by atomic mass is 17.4. The fraction of sp³-hybridized carbons (Fsp3) is 1.00. The van der Waals surface area contributed by atoms with Gasteiger partial charge in [-0.05, 0) is 35.5 Å². The first-order valence-corrected chi connectivity index (χ1v) is 10.3. The van der Waals surface area contributed by atoms with Gasteiger partial charge in [0, 0.05) is 23.7 Å². The maximum atomic E-state index is 6.18. The maximum absolute atomic E-state index is 6.18. The van der Waals surface area contributed by atoms with E-state index in [4.69, 9.17) is 19.6 Å². The molecule has 4 nitrogen and oxygen atoms in total. The summed E-state index contributed by atoms with van der Waals surface area (Å²) in [5.41, 5.74) is 0.0706. The van der Waals surface area contributed by atoms with Crippen LogP contribution in [0.5, 0.6) is 0 Å². The smallest absolute Gasteiger partial charge is 0.194 e. The van der Waals surface area contributed by atoms with E-state index in [0.29, 0.717) is 11.8 Å². The molecule has 3 rings (SSSR count). The van der Waals surface area contributed by atoms with Crippen LogP contribution in [0.4, 0.5) is 0 Å². The van der Waals surface area contributed by atoms with Gasteiger partial charge < -0.3 is 0 Å². The van der Waals surface area contributed by atoms with Gasteiger partial charge in [0.25, 0.3) is 0 Å². The van der Waals surface area contributed by atoms with Crippen LogP contribution in [0.25, 0.3) is 0 Å². The van der Waals surface area contributed by atoms with E-state index in [1.807, 2.05) is 0 Å². The standard InChI is InChI=1S/C22H40O4/c1-15-11-21(19(7,8)13-17(15,3)4)23-25-22(26-24-21)12-16(2)18(5,6)14-20(22,9)10/h15-16H,11-14H2,1-10H3. The van der Waals surface area contributed by atoms with Crippen molar-refractivity contribution >= 4 is 0 Å². The van der Waals surface area contributed by atoms with Gasteiger partial charge in [-0.25, -0.2) is 0 Å². The van der Waals surface area contributed by atoms with Crippen LogP contribution in [0.3, 0.4) is 0 Å². The minimum absolute atomic E-state index is 0.200. The molecule has 0 radical (unpaired) electrons. The summed E-state index contributed by atoms with van der Waals surface area (Å²) in [5, 5.41) is 0. The average molecular weight is 369 g/mol. The molecule has 0 aromatic carbocycles. The lowest BCUT2D eigenvalue weighted by Gasteiger charge is -2.61. The summed E-state index contributed by atoms with van der Waals surface area (Å²) >= 11 is 0. The molecular weight excluding hydrogens is 328 g/mol. The summed E-state index contributed by atoms with van der Waals surface area (Å²) in [4.78, 5) is 24.7. The molecule has 0 N–H and O–H groups in total. The molecule has 2 saturated carbocycles. The van der Waals surface area contributed by atoms with Gasteiger partial charge in [0.2, 0.25) is 11.6 Å². The number of hydrogen-bond acceptors (Lipinski definition) is 4. The summed E-state index contributed by atoms with van der Waals surface area (Å²) in [7, 11) is 0. The Morgan fingerprint density at radius 2 is 0.808 bits per heavy atom. The molecule has 1 saturated heterocycles. The molecule has 152 valence electrons. The van der Waals surface area contributed by atoms with Gasteiger partial charge in [0.1, 0.15) is 0 Å². The zero-order chi connectivity index (χ0) is 19.8. The summed E-state index contributed by atoms with van der Waals surface area (Å²) in [5.74, 6) is -0.790. The van der Waals surface area contributed by atoms with Crippen molar-refractivity contribution in [3.63, 3.8) is 0 Å². The fourth-order valence-electron chi connectivity index (χ4n) is 5.69. The monoisotopic (exact) mass is 368 g/mol. The zero-order valence-corrected chi connectivity index (χ0v) is 18.6. The van der Waals surface area contributed by atoms with Crippen LogP contribution >= 0.6 is 0 Å². The van der Waals surface area contributed by atoms with E-state index in [2.05, 4.69) is 69.2 Å². The molecule has 2 unspecified atom stereocenters. The van der Waals surface area contributed by atoms with Crippen molar-refractivity contribution in [1.82, 2.24) is 0 Å². The van der Waals surface area contributed by atoms with Gasteiger partial charge in [0.15, 0.2) is 0 Å². The van der Waals surface area contributed by atoms with E-state index < -0.39 is 11.6 Å². The molecule has 0 bridgehead atoms. The van der Waals surface area contributed by atoms with Crippen molar-refractivity contribution in [3.05, 3.63) is 0 Å². The predicted octanol–water partition coefficient (Wildman–Crippen LogP) is 6.25. The topological polar surface area (TPSA) is 36.9 Å². The molecule has 0 aromatic heterocycles. The van der Waals surface area contributed by atoms with E-state index in [0.717, 1.165) is 25.7 Å². The molecule has 2 atom stereocenters. The maximum Gasteiger partial charge on any atom is 0.239 e. The Bertz CT molecular complexity index is 502. The van der Waals surface area contributed by atoms with Gasteiger partial charge in [0.05, 0.1) is 0 Å². The van der Waals surface area contributed by atoms with Gasteiger partial charge in [-0.1, -0.05) is 69.2 Å². The lowest BCUT2D eigenvalue weighted by Crippen LogP contribution is -2.66. The minimum atomic E-state index is -0.848. The molecule has 26 heavy (non-hydrogen) atoms. The largest absolute Gasteiger partial charge is 0.239 e. The van der Waals surface area contributed by atoms with Crippen molar-refractivity contribution in [1.29, 1.82) is 0 Å². The first-order valence-electron chi connectivity index (χ1n) is 10.3. The van der Waals surface area contributed by atoms with Gasteiger partial charge >= 0.3 is 0 Å². The molecule has 2 aliphatic carbocycles. The Labute approximate surface area is 160 Å². The Morgan fingerprint density at radius 3 is 1.08 bits per heavy atom. The third-order valence-electron chi connectivity index (χ3n) is 8.30. The van der Waals surface area contributed by atoms with E-state index in [9.17, 15) is 0 Å². The molecule has 3 fully saturated rings.